The number of aliphatic carboxylic acids is 1. The molecule has 4 atom stereocenters. The second-order valence-electron chi connectivity index (χ2n) is 12.9. The molecule has 0 radical (unpaired) electrons. The van der Waals surface area contributed by atoms with E-state index in [-0.39, 0.29) is 10.8 Å². The minimum absolute atomic E-state index is 0.0477. The van der Waals surface area contributed by atoms with E-state index in [1.165, 1.54) is 55.2 Å². The monoisotopic (exact) mass is 432 g/mol. The Hall–Kier alpha value is -1.77. The molecular formula is C29H36O3. The maximum Gasteiger partial charge on any atom is 0.331 e. The molecule has 7 aliphatic rings. The number of carbonyl (C=O) groups is 1. The third-order valence-electron chi connectivity index (χ3n) is 11.1. The van der Waals surface area contributed by atoms with Crippen molar-refractivity contribution in [2.75, 3.05) is 0 Å². The molecule has 0 unspecified atom stereocenters. The smallest absolute Gasteiger partial charge is 0.331 e. The Morgan fingerprint density at radius 3 is 2.38 bits per heavy atom. The van der Waals surface area contributed by atoms with E-state index in [9.17, 15) is 15.0 Å². The zero-order chi connectivity index (χ0) is 21.8. The second kappa shape index (κ2) is 6.42. The van der Waals surface area contributed by atoms with Crippen LogP contribution < -0.4 is 0 Å². The Morgan fingerprint density at radius 2 is 1.72 bits per heavy atom. The molecular weight excluding hydrogens is 396 g/mol. The van der Waals surface area contributed by atoms with E-state index in [4.69, 9.17) is 0 Å². The number of carboxylic acids is 1. The molecule has 5 fully saturated rings. The van der Waals surface area contributed by atoms with Crippen molar-refractivity contribution in [3.05, 3.63) is 40.5 Å². The van der Waals surface area contributed by atoms with E-state index in [0.717, 1.165) is 49.9 Å². The summed E-state index contributed by atoms with van der Waals surface area (Å²) >= 11 is 0. The molecule has 0 aliphatic heterocycles. The maximum absolute atomic E-state index is 11.7. The lowest BCUT2D eigenvalue weighted by atomic mass is 9.47. The van der Waals surface area contributed by atoms with E-state index >= 15 is 0 Å². The summed E-state index contributed by atoms with van der Waals surface area (Å²) in [6, 6.07) is 4.61. The number of benzene rings is 1. The molecule has 3 nitrogen and oxygen atoms in total. The number of phenolic OH excluding ortho intramolecular Hbond substituents is 1. The fraction of sp³-hybridized carbons (Fsp3) is 0.690. The van der Waals surface area contributed by atoms with Gasteiger partial charge in [-0.05, 0) is 134 Å². The average Bonchev–Trinajstić information content (AvgIpc) is 3.10. The quantitative estimate of drug-likeness (QED) is 0.573. The van der Waals surface area contributed by atoms with Gasteiger partial charge in [0.15, 0.2) is 0 Å². The number of fused-ring (bicyclic) bond motifs is 5. The predicted octanol–water partition coefficient (Wildman–Crippen LogP) is 6.34. The molecule has 1 aromatic carbocycles. The molecule has 0 spiro atoms. The molecule has 4 bridgehead atoms. The van der Waals surface area contributed by atoms with Gasteiger partial charge in [-0.15, -0.1) is 0 Å². The van der Waals surface area contributed by atoms with E-state index in [2.05, 4.69) is 25.1 Å². The van der Waals surface area contributed by atoms with Crippen LogP contribution in [0, 0.1) is 35.0 Å². The zero-order valence-electron chi connectivity index (χ0n) is 19.3. The third kappa shape index (κ3) is 2.63. The summed E-state index contributed by atoms with van der Waals surface area (Å²) in [4.78, 5) is 11.7. The zero-order valence-corrected chi connectivity index (χ0v) is 19.3. The lowest BCUT2D eigenvalue weighted by molar-refractivity contribution is -0.132. The number of phenols is 1. The van der Waals surface area contributed by atoms with Crippen LogP contribution in [0.2, 0.25) is 0 Å². The van der Waals surface area contributed by atoms with Crippen LogP contribution in [-0.2, 0) is 16.6 Å². The molecule has 0 amide bonds. The molecule has 170 valence electrons. The first-order chi connectivity index (χ1) is 15.3. The van der Waals surface area contributed by atoms with Gasteiger partial charge >= 0.3 is 5.97 Å². The number of rotatable bonds is 2. The molecule has 3 heteroatoms. The van der Waals surface area contributed by atoms with Gasteiger partial charge in [-0.3, -0.25) is 0 Å². The summed E-state index contributed by atoms with van der Waals surface area (Å²) in [5.41, 5.74) is 5.06. The summed E-state index contributed by atoms with van der Waals surface area (Å²) in [6.45, 7) is 2.30. The van der Waals surface area contributed by atoms with E-state index < -0.39 is 5.97 Å². The van der Waals surface area contributed by atoms with Crippen LogP contribution in [0.15, 0.2) is 23.8 Å². The summed E-state index contributed by atoms with van der Waals surface area (Å²) < 4.78 is 0. The summed E-state index contributed by atoms with van der Waals surface area (Å²) in [7, 11) is 0. The van der Waals surface area contributed by atoms with Crippen molar-refractivity contribution in [3.8, 4) is 5.75 Å². The first kappa shape index (κ1) is 19.7. The standard InChI is InChI=1S/C29H36O3/c1-28-5-4-21-22(24(28)9-20(15-28)27(31)32)3-2-19-10-26(30)25(11-23(19)21)29-12-16-6-17(13-29)8-18(7-16)14-29/h10-11,15-18,21-22,24,30H,2-9,12-14H2,1H3,(H,31,32)/t16?,17?,18?,21-,22+,24-,28+,29?/m0/s1. The molecule has 0 saturated heterocycles. The normalized spacial score (nSPS) is 45.7. The highest BCUT2D eigenvalue weighted by atomic mass is 16.4. The number of hydrogen-bond acceptors (Lipinski definition) is 2. The fourth-order valence-corrected chi connectivity index (χ4v) is 10.2. The van der Waals surface area contributed by atoms with Crippen LogP contribution in [-0.4, -0.2) is 16.2 Å². The number of aromatic hydroxyl groups is 1. The minimum atomic E-state index is -0.720. The Labute approximate surface area is 191 Å². The third-order valence-corrected chi connectivity index (χ3v) is 11.1. The van der Waals surface area contributed by atoms with Crippen LogP contribution in [0.25, 0.3) is 0 Å². The highest BCUT2D eigenvalue weighted by Gasteiger charge is 2.54. The SMILES string of the molecule is C[C@@]12C=C(C(=O)O)C[C@H]1[C@@H]1CCc3cc(O)c(C45CC6CC(CC(C6)C4)C5)cc3[C@H]1CC2. The Kier molecular flexibility index (Phi) is 3.95. The Morgan fingerprint density at radius 1 is 1.03 bits per heavy atom. The van der Waals surface area contributed by atoms with E-state index in [0.29, 0.717) is 29.1 Å². The largest absolute Gasteiger partial charge is 0.508 e. The molecule has 5 saturated carbocycles. The van der Waals surface area contributed by atoms with Crippen LogP contribution in [0.3, 0.4) is 0 Å². The van der Waals surface area contributed by atoms with Crippen LogP contribution >= 0.6 is 0 Å². The lowest BCUT2D eigenvalue weighted by Gasteiger charge is -2.57. The van der Waals surface area contributed by atoms with Gasteiger partial charge in [0.2, 0.25) is 0 Å². The van der Waals surface area contributed by atoms with Gasteiger partial charge in [0.25, 0.3) is 0 Å². The van der Waals surface area contributed by atoms with Gasteiger partial charge < -0.3 is 10.2 Å². The molecule has 0 aromatic heterocycles. The number of hydrogen-bond donors (Lipinski definition) is 2. The van der Waals surface area contributed by atoms with Gasteiger partial charge in [0, 0.05) is 11.1 Å². The highest BCUT2D eigenvalue weighted by molar-refractivity contribution is 5.87. The highest BCUT2D eigenvalue weighted by Crippen LogP contribution is 2.64. The summed E-state index contributed by atoms with van der Waals surface area (Å²) in [5.74, 6) is 4.03. The number of carboxylic acid groups (broad SMARTS) is 1. The van der Waals surface area contributed by atoms with Gasteiger partial charge in [-0.1, -0.05) is 19.1 Å². The van der Waals surface area contributed by atoms with E-state index in [1.807, 2.05) is 0 Å². The van der Waals surface area contributed by atoms with Crippen molar-refractivity contribution < 1.29 is 15.0 Å². The van der Waals surface area contributed by atoms with Crippen molar-refractivity contribution in [1.82, 2.24) is 0 Å². The summed E-state index contributed by atoms with van der Waals surface area (Å²) in [5, 5.41) is 20.9. The molecule has 2 N–H and O–H groups in total. The van der Waals surface area contributed by atoms with Crippen LogP contribution in [0.4, 0.5) is 0 Å². The fourth-order valence-electron chi connectivity index (χ4n) is 10.2. The van der Waals surface area contributed by atoms with Gasteiger partial charge in [-0.25, -0.2) is 4.79 Å². The minimum Gasteiger partial charge on any atom is -0.508 e. The second-order valence-corrected chi connectivity index (χ2v) is 12.9. The number of aryl methyl sites for hydroxylation is 1. The van der Waals surface area contributed by atoms with Crippen LogP contribution in [0.1, 0.15) is 93.7 Å². The first-order valence-electron chi connectivity index (χ1n) is 13.1. The van der Waals surface area contributed by atoms with Crippen molar-refractivity contribution in [3.63, 3.8) is 0 Å². The predicted molar refractivity (Wildman–Crippen MR) is 124 cm³/mol. The first-order valence-corrected chi connectivity index (χ1v) is 13.1. The van der Waals surface area contributed by atoms with Crippen molar-refractivity contribution in [2.45, 2.75) is 88.9 Å². The van der Waals surface area contributed by atoms with E-state index in [1.54, 1.807) is 0 Å². The molecule has 1 aromatic rings. The Bertz CT molecular complexity index is 1000. The van der Waals surface area contributed by atoms with Crippen molar-refractivity contribution in [1.29, 1.82) is 0 Å². The van der Waals surface area contributed by atoms with Gasteiger partial charge in [-0.2, -0.15) is 0 Å². The van der Waals surface area contributed by atoms with Crippen molar-refractivity contribution in [2.24, 2.45) is 35.0 Å². The molecule has 32 heavy (non-hydrogen) atoms. The maximum atomic E-state index is 11.7. The topological polar surface area (TPSA) is 57.5 Å². The van der Waals surface area contributed by atoms with Crippen LogP contribution in [0.5, 0.6) is 5.75 Å². The Balaban J connectivity index is 1.26. The van der Waals surface area contributed by atoms with Crippen molar-refractivity contribution >= 4 is 5.97 Å². The lowest BCUT2D eigenvalue weighted by Crippen LogP contribution is -2.48. The molecule has 8 rings (SSSR count). The molecule has 0 heterocycles. The van der Waals surface area contributed by atoms with Gasteiger partial charge in [0.05, 0.1) is 0 Å². The number of allylic oxidation sites excluding steroid dienone is 1. The van der Waals surface area contributed by atoms with Gasteiger partial charge in [0.1, 0.15) is 5.75 Å². The molecule has 7 aliphatic carbocycles. The average molecular weight is 433 g/mol. The summed E-state index contributed by atoms with van der Waals surface area (Å²) in [6.07, 6.45) is 15.4.